The molecule has 0 spiro atoms. The van der Waals surface area contributed by atoms with Crippen molar-refractivity contribution in [2.24, 2.45) is 11.8 Å². The van der Waals surface area contributed by atoms with E-state index in [9.17, 15) is 4.57 Å². The highest BCUT2D eigenvalue weighted by Crippen LogP contribution is 2.51. The Bertz CT molecular complexity index is 799. The SMILES string of the molecule is C[C@H](CO[Si](C)(C)C(C)(C)C)C[C@@H](C)C[C@@H](C)P(=O)(c1ccccc1)c1ccccc1. The standard InChI is InChI=1S/C27H43O2PSi/c1-22(19-23(2)21-29-31(7,8)27(4,5)6)20-24(3)30(28,25-15-11-9-12-16-25)26-17-13-10-14-18-26/h9-18,22-24H,19-21H2,1-8H3/t22-,23+,24-/m1/s1. The summed E-state index contributed by atoms with van der Waals surface area (Å²) in [5.41, 5.74) is 0.0980. The van der Waals surface area contributed by atoms with Crippen LogP contribution in [0.25, 0.3) is 0 Å². The van der Waals surface area contributed by atoms with Crippen LogP contribution < -0.4 is 10.6 Å². The number of hydrogen-bond donors (Lipinski definition) is 0. The third-order valence-electron chi connectivity index (χ3n) is 6.98. The van der Waals surface area contributed by atoms with Gasteiger partial charge >= 0.3 is 0 Å². The van der Waals surface area contributed by atoms with Crippen molar-refractivity contribution in [1.29, 1.82) is 0 Å². The number of hydrogen-bond acceptors (Lipinski definition) is 2. The molecule has 0 unspecified atom stereocenters. The fourth-order valence-electron chi connectivity index (χ4n) is 4.11. The molecule has 0 aliphatic carbocycles. The summed E-state index contributed by atoms with van der Waals surface area (Å²) < 4.78 is 20.9. The van der Waals surface area contributed by atoms with Crippen molar-refractivity contribution >= 4 is 26.1 Å². The van der Waals surface area contributed by atoms with Crippen LogP contribution in [0.1, 0.15) is 54.4 Å². The van der Waals surface area contributed by atoms with Gasteiger partial charge in [0.05, 0.1) is 0 Å². The van der Waals surface area contributed by atoms with Gasteiger partial charge in [-0.05, 0) is 42.8 Å². The normalized spacial score (nSPS) is 16.0. The molecule has 0 radical (unpaired) electrons. The van der Waals surface area contributed by atoms with E-state index >= 15 is 0 Å². The molecule has 2 rings (SSSR count). The van der Waals surface area contributed by atoms with Crippen molar-refractivity contribution in [2.75, 3.05) is 6.61 Å². The van der Waals surface area contributed by atoms with Gasteiger partial charge in [0.15, 0.2) is 8.32 Å². The zero-order valence-corrected chi connectivity index (χ0v) is 22.8. The molecule has 0 aliphatic heterocycles. The molecule has 2 aromatic carbocycles. The van der Waals surface area contributed by atoms with Gasteiger partial charge in [-0.1, -0.05) is 102 Å². The van der Waals surface area contributed by atoms with Crippen LogP contribution >= 0.6 is 7.14 Å². The molecular weight excluding hydrogens is 415 g/mol. The largest absolute Gasteiger partial charge is 0.417 e. The lowest BCUT2D eigenvalue weighted by molar-refractivity contribution is 0.215. The summed E-state index contributed by atoms with van der Waals surface area (Å²) in [5.74, 6) is 0.998. The molecular formula is C27H43O2PSi. The zero-order valence-electron chi connectivity index (χ0n) is 20.9. The molecule has 0 aliphatic rings. The highest BCUT2D eigenvalue weighted by Gasteiger charge is 2.38. The van der Waals surface area contributed by atoms with Crippen LogP contribution in [0.15, 0.2) is 60.7 Å². The van der Waals surface area contributed by atoms with Crippen LogP contribution in [0.5, 0.6) is 0 Å². The van der Waals surface area contributed by atoms with Gasteiger partial charge in [0.25, 0.3) is 0 Å². The highest BCUT2D eigenvalue weighted by molar-refractivity contribution is 7.79. The predicted molar refractivity (Wildman–Crippen MR) is 140 cm³/mol. The first-order valence-corrected chi connectivity index (χ1v) is 16.4. The number of rotatable bonds is 10. The summed E-state index contributed by atoms with van der Waals surface area (Å²) in [6.45, 7) is 19.1. The summed E-state index contributed by atoms with van der Waals surface area (Å²) in [5, 5.41) is 2.18. The summed E-state index contributed by atoms with van der Waals surface area (Å²) in [4.78, 5) is 0. The minimum Gasteiger partial charge on any atom is -0.417 e. The van der Waals surface area contributed by atoms with Crippen molar-refractivity contribution in [3.05, 3.63) is 60.7 Å². The third kappa shape index (κ3) is 6.67. The molecule has 2 aromatic rings. The average Bonchev–Trinajstić information content (AvgIpc) is 2.72. The Kier molecular flexibility index (Phi) is 8.96. The first kappa shape index (κ1) is 26.1. The van der Waals surface area contributed by atoms with Crippen LogP contribution in [0, 0.1) is 11.8 Å². The van der Waals surface area contributed by atoms with Gasteiger partial charge in [-0.3, -0.25) is 0 Å². The van der Waals surface area contributed by atoms with Crippen LogP contribution in [0.4, 0.5) is 0 Å². The van der Waals surface area contributed by atoms with E-state index < -0.39 is 15.5 Å². The lowest BCUT2D eigenvalue weighted by Gasteiger charge is -2.37. The molecule has 4 heteroatoms. The second-order valence-corrected chi connectivity index (χ2v) is 19.0. The van der Waals surface area contributed by atoms with E-state index in [-0.39, 0.29) is 10.7 Å². The second kappa shape index (κ2) is 10.6. The Morgan fingerprint density at radius 3 is 1.68 bits per heavy atom. The maximum atomic E-state index is 14.5. The van der Waals surface area contributed by atoms with Gasteiger partial charge in [-0.25, -0.2) is 0 Å². The Balaban J connectivity index is 2.09. The molecule has 3 atom stereocenters. The molecule has 2 nitrogen and oxygen atoms in total. The van der Waals surface area contributed by atoms with Gasteiger partial charge in [0.2, 0.25) is 0 Å². The monoisotopic (exact) mass is 458 g/mol. The van der Waals surface area contributed by atoms with Gasteiger partial charge in [0.1, 0.15) is 7.14 Å². The maximum Gasteiger partial charge on any atom is 0.191 e. The molecule has 31 heavy (non-hydrogen) atoms. The van der Waals surface area contributed by atoms with Crippen LogP contribution in [-0.2, 0) is 8.99 Å². The zero-order chi connectivity index (χ0) is 23.3. The van der Waals surface area contributed by atoms with Crippen molar-refractivity contribution < 1.29 is 8.99 Å². The van der Waals surface area contributed by atoms with Gasteiger partial charge < -0.3 is 8.99 Å². The Hall–Kier alpha value is -1.15. The molecule has 0 aromatic heterocycles. The number of benzene rings is 2. The molecule has 0 heterocycles. The Labute approximate surface area is 192 Å². The van der Waals surface area contributed by atoms with Gasteiger partial charge in [0, 0.05) is 22.9 Å². The predicted octanol–water partition coefficient (Wildman–Crippen LogP) is 7.46. The molecule has 0 bridgehead atoms. The quantitative estimate of drug-likeness (QED) is 0.273. The fourth-order valence-corrected chi connectivity index (χ4v) is 8.44. The van der Waals surface area contributed by atoms with E-state index in [4.69, 9.17) is 4.43 Å². The van der Waals surface area contributed by atoms with Crippen molar-refractivity contribution in [2.45, 2.75) is 78.2 Å². The van der Waals surface area contributed by atoms with Gasteiger partial charge in [-0.2, -0.15) is 0 Å². The fraction of sp³-hybridized carbons (Fsp3) is 0.556. The first-order valence-electron chi connectivity index (χ1n) is 11.7. The first-order chi connectivity index (χ1) is 14.4. The van der Waals surface area contributed by atoms with Crippen molar-refractivity contribution in [3.63, 3.8) is 0 Å². The topological polar surface area (TPSA) is 26.3 Å². The van der Waals surface area contributed by atoms with E-state index in [0.29, 0.717) is 11.8 Å². The van der Waals surface area contributed by atoms with Crippen molar-refractivity contribution in [3.8, 4) is 0 Å². The Morgan fingerprint density at radius 2 is 1.26 bits per heavy atom. The van der Waals surface area contributed by atoms with Crippen molar-refractivity contribution in [1.82, 2.24) is 0 Å². The molecule has 0 fully saturated rings. The van der Waals surface area contributed by atoms with E-state index in [1.165, 1.54) is 0 Å². The summed E-state index contributed by atoms with van der Waals surface area (Å²) in [6, 6.07) is 20.1. The lowest BCUT2D eigenvalue weighted by atomic mass is 9.94. The second-order valence-electron chi connectivity index (χ2n) is 10.9. The molecule has 0 amide bonds. The minimum atomic E-state index is -2.70. The van der Waals surface area contributed by atoms with E-state index in [1.54, 1.807) is 0 Å². The highest BCUT2D eigenvalue weighted by atomic mass is 31.2. The summed E-state index contributed by atoms with van der Waals surface area (Å²) >= 11 is 0. The molecule has 0 N–H and O–H groups in total. The smallest absolute Gasteiger partial charge is 0.191 e. The molecule has 0 saturated heterocycles. The minimum absolute atomic E-state index is 0.0980. The lowest BCUT2D eigenvalue weighted by Crippen LogP contribution is -2.41. The van der Waals surface area contributed by atoms with E-state index in [0.717, 1.165) is 30.1 Å². The van der Waals surface area contributed by atoms with Gasteiger partial charge in [-0.15, -0.1) is 0 Å². The van der Waals surface area contributed by atoms with Crippen LogP contribution in [0.3, 0.4) is 0 Å². The molecule has 172 valence electrons. The Morgan fingerprint density at radius 1 is 0.806 bits per heavy atom. The molecule has 0 saturated carbocycles. The summed E-state index contributed by atoms with van der Waals surface area (Å²) in [6.07, 6.45) is 2.05. The summed E-state index contributed by atoms with van der Waals surface area (Å²) in [7, 11) is -4.41. The maximum absolute atomic E-state index is 14.5. The average molecular weight is 459 g/mol. The van der Waals surface area contributed by atoms with Crippen LogP contribution in [-0.4, -0.2) is 20.6 Å². The van der Waals surface area contributed by atoms with E-state index in [1.807, 2.05) is 60.7 Å². The van der Waals surface area contributed by atoms with E-state index in [2.05, 4.69) is 54.6 Å². The third-order valence-corrected chi connectivity index (χ3v) is 15.1. The van der Waals surface area contributed by atoms with Crippen LogP contribution in [0.2, 0.25) is 18.1 Å².